The third-order valence-electron chi connectivity index (χ3n) is 4.23. The Hall–Kier alpha value is -2.55. The Labute approximate surface area is 135 Å². The lowest BCUT2D eigenvalue weighted by Gasteiger charge is -2.27. The molecule has 0 bridgehead atoms. The van der Waals surface area contributed by atoms with Gasteiger partial charge in [-0.3, -0.25) is 14.9 Å². The summed E-state index contributed by atoms with van der Waals surface area (Å²) in [5, 5.41) is 17.2. The summed E-state index contributed by atoms with van der Waals surface area (Å²) in [5.41, 5.74) is -0.136. The molecule has 122 valence electrons. The number of benzene rings is 1. The molecule has 1 fully saturated rings. The van der Waals surface area contributed by atoms with Crippen LogP contribution >= 0.6 is 0 Å². The van der Waals surface area contributed by atoms with Gasteiger partial charge in [-0.05, 0) is 37.8 Å². The van der Waals surface area contributed by atoms with Crippen molar-refractivity contribution in [2.45, 2.75) is 51.1 Å². The second-order valence-electron chi connectivity index (χ2n) is 5.80. The normalized spacial score (nSPS) is 14.0. The Bertz CT molecular complexity index is 656. The zero-order valence-corrected chi connectivity index (χ0v) is 13.4. The van der Waals surface area contributed by atoms with Crippen LogP contribution in [0.2, 0.25) is 0 Å². The van der Waals surface area contributed by atoms with E-state index in [1.807, 2.05) is 13.8 Å². The minimum absolute atomic E-state index is 0.0937. The van der Waals surface area contributed by atoms with Gasteiger partial charge in [-0.1, -0.05) is 19.8 Å². The van der Waals surface area contributed by atoms with Gasteiger partial charge in [0.15, 0.2) is 0 Å². The van der Waals surface area contributed by atoms with Crippen LogP contribution in [-0.2, 0) is 0 Å². The molecule has 0 aromatic heterocycles. The molecule has 1 aromatic rings. The summed E-state index contributed by atoms with van der Waals surface area (Å²) < 4.78 is 0. The van der Waals surface area contributed by atoms with E-state index in [4.69, 9.17) is 6.42 Å². The highest BCUT2D eigenvalue weighted by molar-refractivity contribution is 5.96. The first-order valence-corrected chi connectivity index (χ1v) is 7.80. The maximum Gasteiger partial charge on any atom is 0.293 e. The summed E-state index contributed by atoms with van der Waals surface area (Å²) >= 11 is 0. The van der Waals surface area contributed by atoms with Gasteiger partial charge in [0.1, 0.15) is 11.2 Å². The Morgan fingerprint density at radius 1 is 1.43 bits per heavy atom. The van der Waals surface area contributed by atoms with E-state index in [2.05, 4.69) is 16.6 Å². The molecule has 1 saturated carbocycles. The van der Waals surface area contributed by atoms with Crippen molar-refractivity contribution in [1.29, 1.82) is 0 Å². The molecular formula is C17H21N3O3. The molecule has 1 aromatic carbocycles. The lowest BCUT2D eigenvalue weighted by atomic mass is 9.93. The summed E-state index contributed by atoms with van der Waals surface area (Å²) in [5.74, 6) is 2.22. The first-order chi connectivity index (χ1) is 10.9. The van der Waals surface area contributed by atoms with Crippen LogP contribution in [-0.4, -0.2) is 22.4 Å². The molecule has 6 nitrogen and oxygen atoms in total. The average Bonchev–Trinajstić information content (AvgIpc) is 3.36. The van der Waals surface area contributed by atoms with E-state index >= 15 is 0 Å². The van der Waals surface area contributed by atoms with Gasteiger partial charge in [0, 0.05) is 17.7 Å². The number of hydrogen-bond acceptors (Lipinski definition) is 4. The maximum absolute atomic E-state index is 12.4. The average molecular weight is 315 g/mol. The minimum atomic E-state index is -0.725. The van der Waals surface area contributed by atoms with Crippen LogP contribution in [0.15, 0.2) is 18.2 Å². The molecule has 0 aliphatic heterocycles. The first kappa shape index (κ1) is 16.8. The molecule has 0 atom stereocenters. The van der Waals surface area contributed by atoms with E-state index in [9.17, 15) is 14.9 Å². The van der Waals surface area contributed by atoms with Crippen molar-refractivity contribution in [3.05, 3.63) is 33.9 Å². The second kappa shape index (κ2) is 6.69. The van der Waals surface area contributed by atoms with Crippen molar-refractivity contribution in [3.63, 3.8) is 0 Å². The summed E-state index contributed by atoms with van der Waals surface area (Å²) in [6.45, 7) is 3.80. The van der Waals surface area contributed by atoms with Gasteiger partial charge in [0.25, 0.3) is 11.6 Å². The van der Waals surface area contributed by atoms with E-state index in [1.165, 1.54) is 6.07 Å². The number of carbonyl (C=O) groups excluding carboxylic acids is 1. The topological polar surface area (TPSA) is 84.3 Å². The number of nitrogens with zero attached hydrogens (tertiary/aromatic N) is 1. The summed E-state index contributed by atoms with van der Waals surface area (Å²) in [4.78, 5) is 23.2. The SMILES string of the molecule is C#CC(CC)(CC)NC(=O)c1ccc(NC2CC2)c([N+](=O)[O-])c1. The van der Waals surface area contributed by atoms with Crippen molar-refractivity contribution in [1.82, 2.24) is 5.32 Å². The zero-order valence-electron chi connectivity index (χ0n) is 13.4. The molecule has 2 N–H and O–H groups in total. The van der Waals surface area contributed by atoms with Crippen LogP contribution in [0, 0.1) is 22.5 Å². The lowest BCUT2D eigenvalue weighted by molar-refractivity contribution is -0.384. The highest BCUT2D eigenvalue weighted by Gasteiger charge is 2.28. The lowest BCUT2D eigenvalue weighted by Crippen LogP contribution is -2.46. The van der Waals surface area contributed by atoms with E-state index in [1.54, 1.807) is 12.1 Å². The van der Waals surface area contributed by atoms with Gasteiger partial charge in [0.2, 0.25) is 0 Å². The number of amides is 1. The molecule has 0 heterocycles. The van der Waals surface area contributed by atoms with Crippen LogP contribution in [0.25, 0.3) is 0 Å². The molecular weight excluding hydrogens is 294 g/mol. The van der Waals surface area contributed by atoms with Crippen molar-refractivity contribution in [2.75, 3.05) is 5.32 Å². The van der Waals surface area contributed by atoms with E-state index in [0.717, 1.165) is 12.8 Å². The molecule has 1 aliphatic rings. The van der Waals surface area contributed by atoms with Crippen LogP contribution in [0.4, 0.5) is 11.4 Å². The van der Waals surface area contributed by atoms with Crippen LogP contribution in [0.1, 0.15) is 49.9 Å². The highest BCUT2D eigenvalue weighted by Crippen LogP contribution is 2.31. The number of anilines is 1. The molecule has 2 rings (SSSR count). The Kier molecular flexibility index (Phi) is 4.89. The van der Waals surface area contributed by atoms with Gasteiger partial charge >= 0.3 is 0 Å². The van der Waals surface area contributed by atoms with Crippen molar-refractivity contribution in [3.8, 4) is 12.3 Å². The smallest absolute Gasteiger partial charge is 0.293 e. The molecule has 1 amide bonds. The van der Waals surface area contributed by atoms with Crippen LogP contribution in [0.3, 0.4) is 0 Å². The number of nitro benzene ring substituents is 1. The largest absolute Gasteiger partial charge is 0.377 e. The first-order valence-electron chi connectivity index (χ1n) is 7.80. The molecule has 0 spiro atoms. The molecule has 0 radical (unpaired) electrons. The quantitative estimate of drug-likeness (QED) is 0.460. The van der Waals surface area contributed by atoms with Gasteiger partial charge in [0.05, 0.1) is 4.92 Å². The molecule has 1 aliphatic carbocycles. The number of terminal acetylenes is 1. The predicted octanol–water partition coefficient (Wildman–Crippen LogP) is 3.09. The summed E-state index contributed by atoms with van der Waals surface area (Å²) in [6.07, 6.45) is 8.74. The van der Waals surface area contributed by atoms with Gasteiger partial charge < -0.3 is 10.6 Å². The van der Waals surface area contributed by atoms with Crippen LogP contribution < -0.4 is 10.6 Å². The molecule has 23 heavy (non-hydrogen) atoms. The Balaban J connectivity index is 2.25. The maximum atomic E-state index is 12.4. The summed E-state index contributed by atoms with van der Waals surface area (Å²) in [7, 11) is 0. The Morgan fingerprint density at radius 3 is 2.57 bits per heavy atom. The number of rotatable bonds is 7. The van der Waals surface area contributed by atoms with Crippen molar-refractivity contribution >= 4 is 17.3 Å². The number of carbonyl (C=O) groups is 1. The van der Waals surface area contributed by atoms with E-state index in [0.29, 0.717) is 24.6 Å². The Morgan fingerprint density at radius 2 is 2.09 bits per heavy atom. The third kappa shape index (κ3) is 3.81. The van der Waals surface area contributed by atoms with Crippen molar-refractivity contribution < 1.29 is 9.72 Å². The predicted molar refractivity (Wildman–Crippen MR) is 89.4 cm³/mol. The van der Waals surface area contributed by atoms with E-state index < -0.39 is 16.4 Å². The van der Waals surface area contributed by atoms with Gasteiger partial charge in [-0.15, -0.1) is 6.42 Å². The minimum Gasteiger partial charge on any atom is -0.377 e. The van der Waals surface area contributed by atoms with Crippen molar-refractivity contribution in [2.24, 2.45) is 0 Å². The fourth-order valence-electron chi connectivity index (χ4n) is 2.35. The standard InChI is InChI=1S/C17H21N3O3/c1-4-17(5-2,6-3)19-16(21)12-7-10-14(18-13-8-9-13)15(11-12)20(22)23/h1,7,10-11,13,18H,5-6,8-9H2,2-3H3,(H,19,21). The second-order valence-corrected chi connectivity index (χ2v) is 5.80. The number of hydrogen-bond donors (Lipinski definition) is 2. The third-order valence-corrected chi connectivity index (χ3v) is 4.23. The van der Waals surface area contributed by atoms with Gasteiger partial charge in [-0.25, -0.2) is 0 Å². The van der Waals surface area contributed by atoms with Crippen LogP contribution in [0.5, 0.6) is 0 Å². The molecule has 0 unspecified atom stereocenters. The number of nitrogens with one attached hydrogen (secondary N) is 2. The molecule has 0 saturated heterocycles. The fraction of sp³-hybridized carbons (Fsp3) is 0.471. The fourth-order valence-corrected chi connectivity index (χ4v) is 2.35. The van der Waals surface area contributed by atoms with Gasteiger partial charge in [-0.2, -0.15) is 0 Å². The highest BCUT2D eigenvalue weighted by atomic mass is 16.6. The van der Waals surface area contributed by atoms with E-state index in [-0.39, 0.29) is 11.3 Å². The number of nitro groups is 1. The molecule has 6 heteroatoms. The monoisotopic (exact) mass is 315 g/mol. The summed E-state index contributed by atoms with van der Waals surface area (Å²) in [6, 6.07) is 4.76. The zero-order chi connectivity index (χ0) is 17.0.